The van der Waals surface area contributed by atoms with Gasteiger partial charge in [0, 0.05) is 12.6 Å². The van der Waals surface area contributed by atoms with Crippen LogP contribution in [0.4, 0.5) is 8.78 Å². The number of pyridine rings is 1. The summed E-state index contributed by atoms with van der Waals surface area (Å²) in [5.74, 6) is -0.235. The minimum absolute atomic E-state index is 0.130. The molecule has 25 heavy (non-hydrogen) atoms. The van der Waals surface area contributed by atoms with Crippen LogP contribution in [0, 0.1) is 11.6 Å². The van der Waals surface area contributed by atoms with Gasteiger partial charge in [-0.3, -0.25) is 4.79 Å². The van der Waals surface area contributed by atoms with E-state index in [1.807, 2.05) is 0 Å². The number of aromatic nitrogens is 1. The number of ketones is 1. The maximum Gasteiger partial charge on any atom is 0.230 e. The molecule has 3 nitrogen and oxygen atoms in total. The van der Waals surface area contributed by atoms with E-state index in [4.69, 9.17) is 4.74 Å². The normalized spacial score (nSPS) is 10.5. The van der Waals surface area contributed by atoms with Gasteiger partial charge in [0.15, 0.2) is 5.78 Å². The summed E-state index contributed by atoms with van der Waals surface area (Å²) < 4.78 is 31.5. The number of aryl methyl sites for hydroxylation is 1. The Kier molecular flexibility index (Phi) is 5.14. The van der Waals surface area contributed by atoms with Crippen molar-refractivity contribution in [1.29, 1.82) is 0 Å². The van der Waals surface area contributed by atoms with Gasteiger partial charge in [0.1, 0.15) is 17.4 Å². The Morgan fingerprint density at radius 2 is 1.56 bits per heavy atom. The van der Waals surface area contributed by atoms with Crippen LogP contribution in [0.25, 0.3) is 0 Å². The van der Waals surface area contributed by atoms with E-state index in [0.29, 0.717) is 17.7 Å². The van der Waals surface area contributed by atoms with Crippen molar-refractivity contribution in [2.75, 3.05) is 0 Å². The molecule has 0 fully saturated rings. The highest BCUT2D eigenvalue weighted by molar-refractivity contribution is 5.98. The zero-order valence-corrected chi connectivity index (χ0v) is 13.3. The van der Waals surface area contributed by atoms with Gasteiger partial charge in [-0.25, -0.2) is 13.8 Å². The largest absolute Gasteiger partial charge is 0.438 e. The smallest absolute Gasteiger partial charge is 0.230 e. The number of rotatable bonds is 6. The molecule has 3 aromatic rings. The van der Waals surface area contributed by atoms with Gasteiger partial charge in [-0.1, -0.05) is 12.1 Å². The van der Waals surface area contributed by atoms with Gasteiger partial charge in [0.25, 0.3) is 0 Å². The minimum Gasteiger partial charge on any atom is -0.438 e. The fourth-order valence-corrected chi connectivity index (χ4v) is 2.34. The third-order valence-corrected chi connectivity index (χ3v) is 3.65. The molecule has 1 heterocycles. The number of hydrogen-bond acceptors (Lipinski definition) is 3. The molecule has 0 unspecified atom stereocenters. The van der Waals surface area contributed by atoms with Crippen molar-refractivity contribution in [3.05, 3.63) is 89.6 Å². The molecule has 0 saturated heterocycles. The molecular formula is C20H15F2NO2. The van der Waals surface area contributed by atoms with Crippen LogP contribution in [-0.4, -0.2) is 10.8 Å². The molecule has 0 N–H and O–H groups in total. The molecule has 3 rings (SSSR count). The van der Waals surface area contributed by atoms with Crippen LogP contribution in [0.1, 0.15) is 22.3 Å². The first kappa shape index (κ1) is 16.8. The van der Waals surface area contributed by atoms with Crippen molar-refractivity contribution in [3.8, 4) is 11.6 Å². The fourth-order valence-electron chi connectivity index (χ4n) is 2.34. The average Bonchev–Trinajstić information content (AvgIpc) is 2.63. The molecule has 2 aromatic carbocycles. The summed E-state index contributed by atoms with van der Waals surface area (Å²) in [5.41, 5.74) is 1.23. The highest BCUT2D eigenvalue weighted by Gasteiger charge is 2.14. The topological polar surface area (TPSA) is 39.2 Å². The number of carbonyl (C=O) groups is 1. The zero-order valence-electron chi connectivity index (χ0n) is 13.3. The number of hydrogen-bond donors (Lipinski definition) is 0. The Bertz CT molecular complexity index is 862. The first-order chi connectivity index (χ1) is 12.1. The Labute approximate surface area is 143 Å². The number of ether oxygens (including phenoxy) is 1. The Balaban J connectivity index is 1.71. The number of carbonyl (C=O) groups excluding carboxylic acids is 1. The lowest BCUT2D eigenvalue weighted by molar-refractivity contribution is 0.0980. The molecule has 126 valence electrons. The Morgan fingerprint density at radius 3 is 2.24 bits per heavy atom. The highest BCUT2D eigenvalue weighted by atomic mass is 19.1. The summed E-state index contributed by atoms with van der Waals surface area (Å²) in [6.07, 6.45) is 2.26. The average molecular weight is 339 g/mol. The third kappa shape index (κ3) is 4.47. The van der Waals surface area contributed by atoms with Crippen LogP contribution >= 0.6 is 0 Å². The molecule has 0 spiro atoms. The van der Waals surface area contributed by atoms with Crippen LogP contribution in [0.5, 0.6) is 11.6 Å². The van der Waals surface area contributed by atoms with E-state index in [1.165, 1.54) is 42.6 Å². The molecule has 0 saturated carbocycles. The maximum atomic E-state index is 13.0. The standard InChI is InChI=1S/C20H15F2NO2/c21-15-6-3-14(4-7-15)5-12-19(24)18-2-1-13-23-20(18)25-17-10-8-16(22)9-11-17/h1-4,6-11,13H,5,12H2. The van der Waals surface area contributed by atoms with E-state index in [-0.39, 0.29) is 29.7 Å². The van der Waals surface area contributed by atoms with E-state index in [9.17, 15) is 13.6 Å². The summed E-state index contributed by atoms with van der Waals surface area (Å²) in [6, 6.07) is 14.8. The Morgan fingerprint density at radius 1 is 0.920 bits per heavy atom. The van der Waals surface area contributed by atoms with Crippen LogP contribution in [0.2, 0.25) is 0 Å². The SMILES string of the molecule is O=C(CCc1ccc(F)cc1)c1cccnc1Oc1ccc(F)cc1. The zero-order chi connectivity index (χ0) is 17.6. The number of benzene rings is 2. The lowest BCUT2D eigenvalue weighted by atomic mass is 10.0. The predicted octanol–water partition coefficient (Wildman–Crippen LogP) is 4.97. The molecule has 0 radical (unpaired) electrons. The van der Waals surface area contributed by atoms with Crippen molar-refractivity contribution < 1.29 is 18.3 Å². The first-order valence-electron chi connectivity index (χ1n) is 7.78. The summed E-state index contributed by atoms with van der Waals surface area (Å²) in [6.45, 7) is 0. The van der Waals surface area contributed by atoms with Crippen LogP contribution in [0.15, 0.2) is 66.9 Å². The van der Waals surface area contributed by atoms with E-state index in [2.05, 4.69) is 4.98 Å². The number of Topliss-reactive ketones (excluding diaryl/α,β-unsaturated/α-hetero) is 1. The summed E-state index contributed by atoms with van der Waals surface area (Å²) >= 11 is 0. The molecule has 0 atom stereocenters. The van der Waals surface area contributed by atoms with Gasteiger partial charge in [-0.15, -0.1) is 0 Å². The van der Waals surface area contributed by atoms with Crippen LogP contribution in [0.3, 0.4) is 0 Å². The molecule has 0 bridgehead atoms. The van der Waals surface area contributed by atoms with Crippen molar-refractivity contribution in [1.82, 2.24) is 4.98 Å². The van der Waals surface area contributed by atoms with Gasteiger partial charge in [0.2, 0.25) is 5.88 Å². The first-order valence-corrected chi connectivity index (χ1v) is 7.78. The lowest BCUT2D eigenvalue weighted by Gasteiger charge is -2.09. The quantitative estimate of drug-likeness (QED) is 0.595. The molecule has 0 aliphatic carbocycles. The van der Waals surface area contributed by atoms with Crippen LogP contribution < -0.4 is 4.74 Å². The second-order valence-corrected chi connectivity index (χ2v) is 5.46. The Hall–Kier alpha value is -3.08. The molecule has 0 amide bonds. The maximum absolute atomic E-state index is 13.0. The summed E-state index contributed by atoms with van der Waals surface area (Å²) in [7, 11) is 0. The fraction of sp³-hybridized carbons (Fsp3) is 0.100. The predicted molar refractivity (Wildman–Crippen MR) is 89.8 cm³/mol. The second-order valence-electron chi connectivity index (χ2n) is 5.46. The lowest BCUT2D eigenvalue weighted by Crippen LogP contribution is -2.05. The summed E-state index contributed by atoms with van der Waals surface area (Å²) in [4.78, 5) is 16.6. The summed E-state index contributed by atoms with van der Waals surface area (Å²) in [5, 5.41) is 0. The molecule has 1 aromatic heterocycles. The van der Waals surface area contributed by atoms with Crippen molar-refractivity contribution in [2.24, 2.45) is 0 Å². The van der Waals surface area contributed by atoms with Gasteiger partial charge in [-0.05, 0) is 60.5 Å². The number of halogens is 2. The van der Waals surface area contributed by atoms with E-state index < -0.39 is 0 Å². The highest BCUT2D eigenvalue weighted by Crippen LogP contribution is 2.24. The minimum atomic E-state index is -0.371. The van der Waals surface area contributed by atoms with Crippen molar-refractivity contribution in [3.63, 3.8) is 0 Å². The monoisotopic (exact) mass is 339 g/mol. The molecule has 0 aliphatic rings. The second kappa shape index (κ2) is 7.66. The van der Waals surface area contributed by atoms with Gasteiger partial charge in [0.05, 0.1) is 5.56 Å². The van der Waals surface area contributed by atoms with Crippen molar-refractivity contribution in [2.45, 2.75) is 12.8 Å². The van der Waals surface area contributed by atoms with Gasteiger partial charge >= 0.3 is 0 Å². The van der Waals surface area contributed by atoms with Gasteiger partial charge in [-0.2, -0.15) is 0 Å². The van der Waals surface area contributed by atoms with Crippen molar-refractivity contribution >= 4 is 5.78 Å². The van der Waals surface area contributed by atoms with Gasteiger partial charge < -0.3 is 4.74 Å². The van der Waals surface area contributed by atoms with Crippen LogP contribution in [-0.2, 0) is 6.42 Å². The third-order valence-electron chi connectivity index (χ3n) is 3.65. The van der Waals surface area contributed by atoms with E-state index in [1.54, 1.807) is 24.3 Å². The van der Waals surface area contributed by atoms with E-state index >= 15 is 0 Å². The molecule has 5 heteroatoms. The van der Waals surface area contributed by atoms with E-state index in [0.717, 1.165) is 5.56 Å². The number of nitrogens with zero attached hydrogens (tertiary/aromatic N) is 1. The molecular weight excluding hydrogens is 324 g/mol. The molecule has 0 aliphatic heterocycles.